The van der Waals surface area contributed by atoms with E-state index in [1.807, 2.05) is 49.4 Å². The van der Waals surface area contributed by atoms with Gasteiger partial charge in [-0.1, -0.05) is 60.2 Å². The summed E-state index contributed by atoms with van der Waals surface area (Å²) < 4.78 is 5.32. The van der Waals surface area contributed by atoms with Crippen molar-refractivity contribution < 1.29 is 23.9 Å². The Hall–Kier alpha value is -3.45. The summed E-state index contributed by atoms with van der Waals surface area (Å²) >= 11 is 6.10. The van der Waals surface area contributed by atoms with Gasteiger partial charge in [0.15, 0.2) is 6.61 Å². The maximum absolute atomic E-state index is 13.3. The summed E-state index contributed by atoms with van der Waals surface area (Å²) in [4.78, 5) is 53.4. The normalized spacial score (nSPS) is 25.0. The summed E-state index contributed by atoms with van der Waals surface area (Å²) in [5, 5.41) is 3.14. The number of anilines is 1. The van der Waals surface area contributed by atoms with Crippen LogP contribution in [-0.4, -0.2) is 41.2 Å². The van der Waals surface area contributed by atoms with E-state index in [0.717, 1.165) is 22.4 Å². The number of imide groups is 1. The lowest BCUT2D eigenvalue weighted by atomic mass is 9.85. The van der Waals surface area contributed by atoms with Crippen molar-refractivity contribution in [1.82, 2.24) is 4.90 Å². The number of allylic oxidation sites excluding steroid dienone is 2. The molecule has 5 atom stereocenters. The van der Waals surface area contributed by atoms with Crippen LogP contribution in [0.15, 0.2) is 60.7 Å². The molecule has 5 rings (SSSR count). The first kappa shape index (κ1) is 23.3. The Bertz CT molecular complexity index is 1200. The highest BCUT2D eigenvalue weighted by molar-refractivity contribution is 6.31. The molecule has 0 aromatic heterocycles. The van der Waals surface area contributed by atoms with Crippen LogP contribution in [0.4, 0.5) is 5.69 Å². The lowest BCUT2D eigenvalue weighted by molar-refractivity contribution is -0.160. The number of likely N-dealkylation sites (tertiary alicyclic amines) is 1. The third-order valence-electron chi connectivity index (χ3n) is 7.16. The molecule has 1 heterocycles. The molecule has 3 aliphatic rings. The van der Waals surface area contributed by atoms with Gasteiger partial charge in [0.2, 0.25) is 11.8 Å². The minimum absolute atomic E-state index is 0.0342. The highest BCUT2D eigenvalue weighted by atomic mass is 35.5. The molecule has 35 heavy (non-hydrogen) atoms. The molecular weight excluding hydrogens is 468 g/mol. The first-order valence-electron chi connectivity index (χ1n) is 11.7. The topological polar surface area (TPSA) is 92.8 Å². The zero-order valence-electron chi connectivity index (χ0n) is 19.1. The van der Waals surface area contributed by atoms with Gasteiger partial charge in [0.1, 0.15) is 6.04 Å². The lowest BCUT2D eigenvalue weighted by Crippen LogP contribution is -2.48. The monoisotopic (exact) mass is 492 g/mol. The summed E-state index contributed by atoms with van der Waals surface area (Å²) in [6.07, 6.45) is 4.94. The largest absolute Gasteiger partial charge is 0.454 e. The van der Waals surface area contributed by atoms with E-state index in [4.69, 9.17) is 16.3 Å². The van der Waals surface area contributed by atoms with Crippen LogP contribution >= 0.6 is 11.6 Å². The molecule has 180 valence electrons. The molecule has 2 aliphatic carbocycles. The van der Waals surface area contributed by atoms with E-state index in [0.29, 0.717) is 10.7 Å². The van der Waals surface area contributed by atoms with E-state index in [1.165, 1.54) is 0 Å². The number of nitrogens with one attached hydrogen (secondary N) is 1. The number of fused-ring (bicyclic) bond motifs is 5. The Morgan fingerprint density at radius 2 is 1.71 bits per heavy atom. The predicted octanol–water partition coefficient (Wildman–Crippen LogP) is 3.55. The number of ether oxygens (including phenoxy) is 1. The third kappa shape index (κ3) is 4.36. The number of benzene rings is 2. The zero-order valence-corrected chi connectivity index (χ0v) is 19.9. The summed E-state index contributed by atoms with van der Waals surface area (Å²) in [6.45, 7) is 1.30. The second kappa shape index (κ2) is 9.30. The Kier molecular flexibility index (Phi) is 6.19. The van der Waals surface area contributed by atoms with E-state index in [-0.39, 0.29) is 30.1 Å². The Morgan fingerprint density at radius 1 is 1.06 bits per heavy atom. The van der Waals surface area contributed by atoms with Gasteiger partial charge < -0.3 is 10.1 Å². The van der Waals surface area contributed by atoms with Gasteiger partial charge in [-0.25, -0.2) is 4.79 Å². The molecule has 2 aromatic carbocycles. The number of halogens is 1. The average molecular weight is 493 g/mol. The van der Waals surface area contributed by atoms with E-state index in [9.17, 15) is 19.2 Å². The molecule has 8 heteroatoms. The fraction of sp³-hybridized carbons (Fsp3) is 0.333. The molecule has 3 amide bonds. The average Bonchev–Trinajstić information content (AvgIpc) is 3.53. The molecule has 2 fully saturated rings. The molecule has 0 radical (unpaired) electrons. The first-order chi connectivity index (χ1) is 16.8. The van der Waals surface area contributed by atoms with Crippen LogP contribution in [0.5, 0.6) is 0 Å². The number of rotatable bonds is 7. The molecule has 2 bridgehead atoms. The maximum Gasteiger partial charge on any atom is 0.330 e. The van der Waals surface area contributed by atoms with E-state index < -0.39 is 36.4 Å². The van der Waals surface area contributed by atoms with Gasteiger partial charge in [0.25, 0.3) is 5.91 Å². The van der Waals surface area contributed by atoms with Crippen molar-refractivity contribution in [3.05, 3.63) is 76.8 Å². The number of carbonyl (C=O) groups excluding carboxylic acids is 4. The minimum atomic E-state index is -1.14. The van der Waals surface area contributed by atoms with Crippen molar-refractivity contribution >= 4 is 41.0 Å². The fourth-order valence-corrected chi connectivity index (χ4v) is 5.63. The Morgan fingerprint density at radius 3 is 2.34 bits per heavy atom. The van der Waals surface area contributed by atoms with E-state index >= 15 is 0 Å². The second-order valence-corrected chi connectivity index (χ2v) is 9.78. The fourth-order valence-electron chi connectivity index (χ4n) is 5.45. The van der Waals surface area contributed by atoms with Crippen molar-refractivity contribution in [3.63, 3.8) is 0 Å². The van der Waals surface area contributed by atoms with Crippen LogP contribution in [0.3, 0.4) is 0 Å². The lowest BCUT2D eigenvalue weighted by Gasteiger charge is -2.26. The summed E-state index contributed by atoms with van der Waals surface area (Å²) in [7, 11) is 0. The smallest absolute Gasteiger partial charge is 0.330 e. The SMILES string of the molecule is Cc1ccc(NC(=O)COC(=O)[C@H](Cc2ccccc2)N2C(=O)[C@H]3[C@H](C2=O)[C@H]2C=C[C@H]3C2)cc1Cl. The second-order valence-electron chi connectivity index (χ2n) is 9.37. The van der Waals surface area contributed by atoms with Gasteiger partial charge in [-0.05, 0) is 48.4 Å². The summed E-state index contributed by atoms with van der Waals surface area (Å²) in [6, 6.07) is 13.1. The molecular formula is C27H25ClN2O5. The first-order valence-corrected chi connectivity index (χ1v) is 12.0. The van der Waals surface area contributed by atoms with Crippen molar-refractivity contribution in [2.45, 2.75) is 25.8 Å². The van der Waals surface area contributed by atoms with Crippen LogP contribution in [-0.2, 0) is 30.3 Å². The molecule has 7 nitrogen and oxygen atoms in total. The number of hydrogen-bond donors (Lipinski definition) is 1. The number of carbonyl (C=O) groups is 4. The van der Waals surface area contributed by atoms with Gasteiger partial charge in [-0.15, -0.1) is 0 Å². The predicted molar refractivity (Wildman–Crippen MR) is 129 cm³/mol. The van der Waals surface area contributed by atoms with Crippen molar-refractivity contribution in [2.75, 3.05) is 11.9 Å². The summed E-state index contributed by atoms with van der Waals surface area (Å²) in [5.41, 5.74) is 2.13. The van der Waals surface area contributed by atoms with Crippen molar-refractivity contribution in [1.29, 1.82) is 0 Å². The van der Waals surface area contributed by atoms with Crippen LogP contribution < -0.4 is 5.32 Å². The number of aryl methyl sites for hydroxylation is 1. The number of hydrogen-bond acceptors (Lipinski definition) is 5. The number of amides is 3. The van der Waals surface area contributed by atoms with Crippen LogP contribution in [0.2, 0.25) is 5.02 Å². The molecule has 1 saturated carbocycles. The van der Waals surface area contributed by atoms with Gasteiger partial charge in [0.05, 0.1) is 11.8 Å². The number of esters is 1. The molecule has 1 N–H and O–H groups in total. The molecule has 2 aromatic rings. The van der Waals surface area contributed by atoms with Gasteiger partial charge in [-0.3, -0.25) is 19.3 Å². The molecule has 0 unspecified atom stereocenters. The zero-order chi connectivity index (χ0) is 24.7. The van der Waals surface area contributed by atoms with Crippen LogP contribution in [0, 0.1) is 30.6 Å². The maximum atomic E-state index is 13.3. The highest BCUT2D eigenvalue weighted by Crippen LogP contribution is 2.53. The molecule has 0 spiro atoms. The van der Waals surface area contributed by atoms with Gasteiger partial charge in [0, 0.05) is 17.1 Å². The standard InChI is InChI=1S/C27H25ClN2O5/c1-15-7-10-19(13-20(15)28)29-22(31)14-35-27(34)21(11-16-5-3-2-4-6-16)30-25(32)23-17-8-9-18(12-17)24(23)26(30)33/h2-10,13,17-18,21,23-24H,11-12,14H2,1H3,(H,29,31)/t17-,18-,21-,23+,24+/m0/s1. The van der Waals surface area contributed by atoms with Crippen LogP contribution in [0.1, 0.15) is 17.5 Å². The van der Waals surface area contributed by atoms with E-state index in [2.05, 4.69) is 5.32 Å². The Balaban J connectivity index is 1.31. The van der Waals surface area contributed by atoms with Crippen molar-refractivity contribution in [3.8, 4) is 0 Å². The Labute approximate surface area is 208 Å². The van der Waals surface area contributed by atoms with E-state index in [1.54, 1.807) is 18.2 Å². The van der Waals surface area contributed by atoms with Gasteiger partial charge >= 0.3 is 5.97 Å². The molecule has 1 aliphatic heterocycles. The molecule has 1 saturated heterocycles. The van der Waals surface area contributed by atoms with Gasteiger partial charge in [-0.2, -0.15) is 0 Å². The highest BCUT2D eigenvalue weighted by Gasteiger charge is 2.61. The van der Waals surface area contributed by atoms with Crippen LogP contribution in [0.25, 0.3) is 0 Å². The quantitative estimate of drug-likeness (QED) is 0.362. The third-order valence-corrected chi connectivity index (χ3v) is 7.57. The van der Waals surface area contributed by atoms with Crippen molar-refractivity contribution in [2.24, 2.45) is 23.7 Å². The number of nitrogens with zero attached hydrogens (tertiary/aromatic N) is 1. The summed E-state index contributed by atoms with van der Waals surface area (Å²) in [5.74, 6) is -2.75. The minimum Gasteiger partial charge on any atom is -0.454 e.